The van der Waals surface area contributed by atoms with Crippen molar-refractivity contribution < 1.29 is 9.21 Å². The molecule has 2 heterocycles. The standard InChI is InChI=1S/C19H21N3O2/c23-19-18(16-9-3-4-10-17(16)22-19)21-12-6-2-1-5-11-20-14-15-8-7-13-24-15/h3-4,7-10,13-14H,1-2,5-6,11-12H2,(H,21,22,23). The number of aliphatic imine (C=N–C) groups is 2. The van der Waals surface area contributed by atoms with E-state index >= 15 is 0 Å². The third kappa shape index (κ3) is 4.19. The van der Waals surface area contributed by atoms with Crippen molar-refractivity contribution in [3.63, 3.8) is 0 Å². The van der Waals surface area contributed by atoms with E-state index in [9.17, 15) is 4.79 Å². The molecule has 24 heavy (non-hydrogen) atoms. The molecule has 3 rings (SSSR count). The van der Waals surface area contributed by atoms with Gasteiger partial charge in [-0.05, 0) is 31.0 Å². The Balaban J connectivity index is 1.33. The number of anilines is 1. The number of hydrogen-bond donors (Lipinski definition) is 1. The summed E-state index contributed by atoms with van der Waals surface area (Å²) in [6, 6.07) is 11.4. The predicted molar refractivity (Wildman–Crippen MR) is 96.1 cm³/mol. The van der Waals surface area contributed by atoms with Crippen LogP contribution in [0.15, 0.2) is 57.1 Å². The molecule has 5 heteroatoms. The second-order valence-corrected chi connectivity index (χ2v) is 5.69. The van der Waals surface area contributed by atoms with Gasteiger partial charge >= 0.3 is 0 Å². The summed E-state index contributed by atoms with van der Waals surface area (Å²) in [4.78, 5) is 20.7. The number of carbonyl (C=O) groups excluding carboxylic acids is 1. The Hall–Kier alpha value is -2.69. The van der Waals surface area contributed by atoms with Crippen LogP contribution in [-0.2, 0) is 4.79 Å². The van der Waals surface area contributed by atoms with Crippen molar-refractivity contribution in [2.45, 2.75) is 25.7 Å². The summed E-state index contributed by atoms with van der Waals surface area (Å²) in [5.74, 6) is 0.699. The van der Waals surface area contributed by atoms with Crippen LogP contribution in [0, 0.1) is 0 Å². The van der Waals surface area contributed by atoms with Gasteiger partial charge in [0.05, 0.1) is 18.2 Å². The number of carbonyl (C=O) groups is 1. The summed E-state index contributed by atoms with van der Waals surface area (Å²) in [5, 5.41) is 2.84. The lowest BCUT2D eigenvalue weighted by atomic mass is 10.1. The molecule has 1 aliphatic rings. The number of fused-ring (bicyclic) bond motifs is 1. The maximum atomic E-state index is 11.9. The Bertz CT molecular complexity index is 733. The predicted octanol–water partition coefficient (Wildman–Crippen LogP) is 3.70. The molecule has 1 amide bonds. The van der Waals surface area contributed by atoms with Crippen LogP contribution >= 0.6 is 0 Å². The van der Waals surface area contributed by atoms with Crippen LogP contribution in [-0.4, -0.2) is 30.9 Å². The normalized spacial score (nSPS) is 15.2. The Kier molecular flexibility index (Phi) is 5.56. The molecule has 124 valence electrons. The smallest absolute Gasteiger partial charge is 0.274 e. The van der Waals surface area contributed by atoms with E-state index in [2.05, 4.69) is 15.3 Å². The van der Waals surface area contributed by atoms with Gasteiger partial charge in [-0.25, -0.2) is 0 Å². The fraction of sp³-hybridized carbons (Fsp3) is 0.316. The van der Waals surface area contributed by atoms with Crippen LogP contribution in [0.2, 0.25) is 0 Å². The highest BCUT2D eigenvalue weighted by molar-refractivity contribution is 6.53. The maximum absolute atomic E-state index is 11.9. The average molecular weight is 323 g/mol. The molecule has 0 saturated heterocycles. The summed E-state index contributed by atoms with van der Waals surface area (Å²) in [6.45, 7) is 1.50. The first-order valence-corrected chi connectivity index (χ1v) is 8.33. The van der Waals surface area contributed by atoms with Gasteiger partial charge in [0.25, 0.3) is 5.91 Å². The molecule has 1 aromatic heterocycles. The number of amides is 1. The second-order valence-electron chi connectivity index (χ2n) is 5.69. The van der Waals surface area contributed by atoms with Gasteiger partial charge in [-0.15, -0.1) is 0 Å². The van der Waals surface area contributed by atoms with Gasteiger partial charge in [0.1, 0.15) is 11.5 Å². The highest BCUT2D eigenvalue weighted by Gasteiger charge is 2.24. The van der Waals surface area contributed by atoms with Gasteiger partial charge in [0.15, 0.2) is 0 Å². The van der Waals surface area contributed by atoms with Crippen LogP contribution in [0.3, 0.4) is 0 Å². The van der Waals surface area contributed by atoms with Crippen molar-refractivity contribution in [1.29, 1.82) is 0 Å². The molecule has 0 saturated carbocycles. The average Bonchev–Trinajstić information content (AvgIpc) is 3.21. The van der Waals surface area contributed by atoms with Crippen LogP contribution in [0.25, 0.3) is 0 Å². The number of furan rings is 1. The molecule has 0 bridgehead atoms. The number of nitrogens with zero attached hydrogens (tertiary/aromatic N) is 2. The Labute approximate surface area is 141 Å². The number of rotatable bonds is 8. The van der Waals surface area contributed by atoms with Gasteiger partial charge in [-0.1, -0.05) is 31.0 Å². The highest BCUT2D eigenvalue weighted by Crippen LogP contribution is 2.22. The van der Waals surface area contributed by atoms with E-state index in [4.69, 9.17) is 4.42 Å². The van der Waals surface area contributed by atoms with E-state index in [1.54, 1.807) is 12.5 Å². The van der Waals surface area contributed by atoms with E-state index in [0.29, 0.717) is 12.3 Å². The molecule has 1 aliphatic heterocycles. The van der Waals surface area contributed by atoms with E-state index in [0.717, 1.165) is 49.2 Å². The van der Waals surface area contributed by atoms with E-state index in [1.807, 2.05) is 36.4 Å². The van der Waals surface area contributed by atoms with E-state index in [-0.39, 0.29) is 5.91 Å². The molecule has 0 spiro atoms. The molecule has 1 N–H and O–H groups in total. The molecule has 0 fully saturated rings. The first-order chi connectivity index (χ1) is 11.8. The van der Waals surface area contributed by atoms with Crippen molar-refractivity contribution in [1.82, 2.24) is 0 Å². The van der Waals surface area contributed by atoms with Crippen molar-refractivity contribution >= 4 is 23.5 Å². The van der Waals surface area contributed by atoms with Crippen molar-refractivity contribution in [2.75, 3.05) is 18.4 Å². The van der Waals surface area contributed by atoms with Crippen LogP contribution in [0.4, 0.5) is 5.69 Å². The molecule has 2 aromatic rings. The van der Waals surface area contributed by atoms with Gasteiger partial charge in [0.2, 0.25) is 0 Å². The minimum absolute atomic E-state index is 0.0940. The van der Waals surface area contributed by atoms with E-state index < -0.39 is 0 Å². The fourth-order valence-corrected chi connectivity index (χ4v) is 2.64. The molecule has 0 radical (unpaired) electrons. The second kappa shape index (κ2) is 8.24. The van der Waals surface area contributed by atoms with Crippen molar-refractivity contribution in [3.05, 3.63) is 54.0 Å². The van der Waals surface area contributed by atoms with Crippen molar-refractivity contribution in [2.24, 2.45) is 9.98 Å². The molecule has 5 nitrogen and oxygen atoms in total. The fourth-order valence-electron chi connectivity index (χ4n) is 2.64. The minimum atomic E-state index is -0.0940. The lowest BCUT2D eigenvalue weighted by molar-refractivity contribution is -0.110. The maximum Gasteiger partial charge on any atom is 0.274 e. The summed E-state index contributed by atoms with van der Waals surface area (Å²) in [7, 11) is 0. The third-order valence-corrected chi connectivity index (χ3v) is 3.87. The Morgan fingerprint density at radius 2 is 1.83 bits per heavy atom. The Morgan fingerprint density at radius 1 is 1.00 bits per heavy atom. The zero-order valence-electron chi connectivity index (χ0n) is 13.6. The first kappa shape index (κ1) is 16.2. The lowest BCUT2D eigenvalue weighted by Crippen LogP contribution is -2.14. The van der Waals surface area contributed by atoms with Crippen molar-refractivity contribution in [3.8, 4) is 0 Å². The minimum Gasteiger partial charge on any atom is -0.463 e. The number of nitrogens with one attached hydrogen (secondary N) is 1. The zero-order valence-corrected chi connectivity index (χ0v) is 13.6. The van der Waals surface area contributed by atoms with Crippen LogP contribution in [0.5, 0.6) is 0 Å². The largest absolute Gasteiger partial charge is 0.463 e. The van der Waals surface area contributed by atoms with Gasteiger partial charge < -0.3 is 9.73 Å². The summed E-state index contributed by atoms with van der Waals surface area (Å²) in [5.41, 5.74) is 2.33. The number of para-hydroxylation sites is 1. The monoisotopic (exact) mass is 323 g/mol. The third-order valence-electron chi connectivity index (χ3n) is 3.87. The van der Waals surface area contributed by atoms with Gasteiger partial charge in [-0.2, -0.15) is 0 Å². The van der Waals surface area contributed by atoms with Gasteiger partial charge in [0, 0.05) is 18.7 Å². The summed E-state index contributed by atoms with van der Waals surface area (Å²) in [6.07, 6.45) is 7.66. The quantitative estimate of drug-likeness (QED) is 0.594. The molecule has 0 aliphatic carbocycles. The number of benzene rings is 1. The SMILES string of the molecule is O=C1Nc2ccccc2C1=NCCCCCCN=Cc1ccco1. The van der Waals surface area contributed by atoms with E-state index in [1.165, 1.54) is 0 Å². The highest BCUT2D eigenvalue weighted by atomic mass is 16.3. The summed E-state index contributed by atoms with van der Waals surface area (Å²) >= 11 is 0. The molecule has 1 aromatic carbocycles. The number of unbranched alkanes of at least 4 members (excludes halogenated alkanes) is 3. The topological polar surface area (TPSA) is 67.0 Å². The molecular formula is C19H21N3O2. The number of hydrogen-bond acceptors (Lipinski definition) is 4. The first-order valence-electron chi connectivity index (χ1n) is 8.33. The van der Waals surface area contributed by atoms with Gasteiger partial charge in [-0.3, -0.25) is 14.8 Å². The molecule has 0 unspecified atom stereocenters. The lowest BCUT2D eigenvalue weighted by Gasteiger charge is -1.99. The Morgan fingerprint density at radius 3 is 2.67 bits per heavy atom. The summed E-state index contributed by atoms with van der Waals surface area (Å²) < 4.78 is 5.18. The van der Waals surface area contributed by atoms with Crippen LogP contribution in [0.1, 0.15) is 37.0 Å². The van der Waals surface area contributed by atoms with Crippen LogP contribution < -0.4 is 5.32 Å². The molecule has 0 atom stereocenters. The zero-order chi connectivity index (χ0) is 16.6. The molecular weight excluding hydrogens is 302 g/mol.